The Morgan fingerprint density at radius 3 is 2.68 bits per heavy atom. The lowest BCUT2D eigenvalue weighted by Gasteiger charge is -2.19. The number of aryl methyl sites for hydroxylation is 1. The van der Waals surface area contributed by atoms with Gasteiger partial charge in [-0.3, -0.25) is 0 Å². The topological polar surface area (TPSA) is 12.0 Å². The molecule has 3 heteroatoms. The molecule has 0 fully saturated rings. The molecule has 1 N–H and O–H groups in total. The van der Waals surface area contributed by atoms with Crippen molar-refractivity contribution in [3.05, 3.63) is 68.7 Å². The summed E-state index contributed by atoms with van der Waals surface area (Å²) in [5, 5.41) is 4.13. The molecular formula is C16H17BrClN. The second-order valence-corrected chi connectivity index (χ2v) is 5.81. The molecule has 0 saturated carbocycles. The summed E-state index contributed by atoms with van der Waals surface area (Å²) in [6.07, 6.45) is 1.04. The summed E-state index contributed by atoms with van der Waals surface area (Å²) in [4.78, 5) is 0. The van der Waals surface area contributed by atoms with Crippen molar-refractivity contribution in [3.63, 3.8) is 0 Å². The third-order valence-corrected chi connectivity index (χ3v) is 4.09. The molecule has 0 aliphatic carbocycles. The Hall–Kier alpha value is -0.830. The fourth-order valence-electron chi connectivity index (χ4n) is 2.23. The first-order valence-electron chi connectivity index (χ1n) is 6.36. The number of hydrogen-bond acceptors (Lipinski definition) is 1. The van der Waals surface area contributed by atoms with Crippen LogP contribution in [0, 0.1) is 0 Å². The van der Waals surface area contributed by atoms with Crippen LogP contribution in [0.25, 0.3) is 0 Å². The first kappa shape index (κ1) is 14.6. The fourth-order valence-corrected chi connectivity index (χ4v) is 2.84. The largest absolute Gasteiger partial charge is 0.309 e. The SMILES string of the molecule is CCc1cccc(C(NC)c2cc(Br)ccc2Cl)c1. The first-order chi connectivity index (χ1) is 9.15. The summed E-state index contributed by atoms with van der Waals surface area (Å²) in [5.74, 6) is 0. The van der Waals surface area contributed by atoms with Gasteiger partial charge in [0.1, 0.15) is 0 Å². The molecule has 1 atom stereocenters. The Balaban J connectivity index is 2.46. The highest BCUT2D eigenvalue weighted by atomic mass is 79.9. The van der Waals surface area contributed by atoms with Crippen molar-refractivity contribution in [2.45, 2.75) is 19.4 Å². The molecule has 2 rings (SSSR count). The van der Waals surface area contributed by atoms with E-state index in [1.807, 2.05) is 19.2 Å². The first-order valence-corrected chi connectivity index (χ1v) is 7.54. The highest BCUT2D eigenvalue weighted by molar-refractivity contribution is 9.10. The molecule has 0 saturated heterocycles. The monoisotopic (exact) mass is 337 g/mol. The second-order valence-electron chi connectivity index (χ2n) is 4.49. The quantitative estimate of drug-likeness (QED) is 0.829. The standard InChI is InChI=1S/C16H17BrClN/c1-3-11-5-4-6-12(9-11)16(19-2)14-10-13(17)7-8-15(14)18/h4-10,16,19H,3H2,1-2H3. The molecule has 0 radical (unpaired) electrons. The van der Waals surface area contributed by atoms with Gasteiger partial charge in [-0.2, -0.15) is 0 Å². The summed E-state index contributed by atoms with van der Waals surface area (Å²) in [7, 11) is 1.96. The Kier molecular flexibility index (Phi) is 5.03. The minimum Gasteiger partial charge on any atom is -0.309 e. The molecular weight excluding hydrogens is 322 g/mol. The molecule has 19 heavy (non-hydrogen) atoms. The van der Waals surface area contributed by atoms with E-state index in [4.69, 9.17) is 11.6 Å². The summed E-state index contributed by atoms with van der Waals surface area (Å²) in [6.45, 7) is 2.17. The maximum atomic E-state index is 6.33. The van der Waals surface area contributed by atoms with Gasteiger partial charge in [0, 0.05) is 9.50 Å². The zero-order valence-electron chi connectivity index (χ0n) is 11.1. The van der Waals surface area contributed by atoms with Gasteiger partial charge in [0.25, 0.3) is 0 Å². The lowest BCUT2D eigenvalue weighted by Crippen LogP contribution is -2.18. The number of halogens is 2. The molecule has 2 aromatic carbocycles. The predicted molar refractivity (Wildman–Crippen MR) is 85.9 cm³/mol. The van der Waals surface area contributed by atoms with Crippen molar-refractivity contribution in [1.29, 1.82) is 0 Å². The molecule has 1 nitrogen and oxygen atoms in total. The van der Waals surface area contributed by atoms with E-state index in [0.29, 0.717) is 0 Å². The van der Waals surface area contributed by atoms with Gasteiger partial charge in [-0.25, -0.2) is 0 Å². The highest BCUT2D eigenvalue weighted by Gasteiger charge is 2.15. The van der Waals surface area contributed by atoms with E-state index in [1.165, 1.54) is 11.1 Å². The molecule has 0 spiro atoms. The van der Waals surface area contributed by atoms with Crippen LogP contribution in [0.4, 0.5) is 0 Å². The minimum atomic E-state index is 0.108. The van der Waals surface area contributed by atoms with E-state index in [-0.39, 0.29) is 6.04 Å². The van der Waals surface area contributed by atoms with E-state index in [0.717, 1.165) is 21.5 Å². The van der Waals surface area contributed by atoms with Crippen molar-refractivity contribution in [3.8, 4) is 0 Å². The second kappa shape index (κ2) is 6.56. The van der Waals surface area contributed by atoms with Gasteiger partial charge >= 0.3 is 0 Å². The lowest BCUT2D eigenvalue weighted by atomic mass is 9.96. The normalized spacial score (nSPS) is 12.4. The van der Waals surface area contributed by atoms with Crippen molar-refractivity contribution in [1.82, 2.24) is 5.32 Å². The maximum absolute atomic E-state index is 6.33. The van der Waals surface area contributed by atoms with Crippen molar-refractivity contribution in [2.24, 2.45) is 0 Å². The summed E-state index contributed by atoms with van der Waals surface area (Å²) in [5.41, 5.74) is 3.66. The van der Waals surface area contributed by atoms with Gasteiger partial charge in [-0.1, -0.05) is 58.7 Å². The fraction of sp³-hybridized carbons (Fsp3) is 0.250. The van der Waals surface area contributed by atoms with E-state index in [2.05, 4.69) is 58.5 Å². The molecule has 0 aliphatic heterocycles. The Morgan fingerprint density at radius 1 is 1.21 bits per heavy atom. The molecule has 0 aromatic heterocycles. The van der Waals surface area contributed by atoms with E-state index < -0.39 is 0 Å². The summed E-state index contributed by atoms with van der Waals surface area (Å²) < 4.78 is 1.04. The molecule has 0 aliphatic rings. The molecule has 0 heterocycles. The van der Waals surface area contributed by atoms with Gasteiger partial charge < -0.3 is 5.32 Å². The smallest absolute Gasteiger partial charge is 0.0589 e. The summed E-state index contributed by atoms with van der Waals surface area (Å²) >= 11 is 9.84. The van der Waals surface area contributed by atoms with E-state index >= 15 is 0 Å². The zero-order chi connectivity index (χ0) is 13.8. The van der Waals surface area contributed by atoms with Gasteiger partial charge in [0.2, 0.25) is 0 Å². The van der Waals surface area contributed by atoms with Crippen LogP contribution in [0.1, 0.15) is 29.7 Å². The van der Waals surface area contributed by atoms with E-state index in [9.17, 15) is 0 Å². The van der Waals surface area contributed by atoms with Gasteiger partial charge in [0.15, 0.2) is 0 Å². The van der Waals surface area contributed by atoms with Crippen molar-refractivity contribution >= 4 is 27.5 Å². The predicted octanol–water partition coefficient (Wildman–Crippen LogP) is 4.97. The number of nitrogens with one attached hydrogen (secondary N) is 1. The molecule has 2 aromatic rings. The Labute approximate surface area is 128 Å². The van der Waals surface area contributed by atoms with Crippen LogP contribution in [0.15, 0.2) is 46.9 Å². The third-order valence-electron chi connectivity index (χ3n) is 3.25. The van der Waals surface area contributed by atoms with Crippen LogP contribution in [0.5, 0.6) is 0 Å². The Bertz CT molecular complexity index is 568. The van der Waals surface area contributed by atoms with Crippen LogP contribution < -0.4 is 5.32 Å². The summed E-state index contributed by atoms with van der Waals surface area (Å²) in [6, 6.07) is 14.7. The van der Waals surface area contributed by atoms with Crippen LogP contribution in [0.2, 0.25) is 5.02 Å². The van der Waals surface area contributed by atoms with Crippen molar-refractivity contribution < 1.29 is 0 Å². The van der Waals surface area contributed by atoms with Crippen LogP contribution in [-0.2, 0) is 6.42 Å². The lowest BCUT2D eigenvalue weighted by molar-refractivity contribution is 0.690. The molecule has 100 valence electrons. The average Bonchev–Trinajstić information content (AvgIpc) is 2.44. The van der Waals surface area contributed by atoms with Crippen LogP contribution >= 0.6 is 27.5 Å². The molecule has 0 bridgehead atoms. The number of benzene rings is 2. The maximum Gasteiger partial charge on any atom is 0.0589 e. The van der Waals surface area contributed by atoms with Crippen molar-refractivity contribution in [2.75, 3.05) is 7.05 Å². The zero-order valence-corrected chi connectivity index (χ0v) is 13.4. The van der Waals surface area contributed by atoms with Gasteiger partial charge in [-0.05, 0) is 48.4 Å². The molecule has 1 unspecified atom stereocenters. The van der Waals surface area contributed by atoms with Gasteiger partial charge in [0.05, 0.1) is 6.04 Å². The van der Waals surface area contributed by atoms with Crippen LogP contribution in [0.3, 0.4) is 0 Å². The highest BCUT2D eigenvalue weighted by Crippen LogP contribution is 2.31. The average molecular weight is 339 g/mol. The van der Waals surface area contributed by atoms with Gasteiger partial charge in [-0.15, -0.1) is 0 Å². The number of hydrogen-bond donors (Lipinski definition) is 1. The Morgan fingerprint density at radius 2 is 2.00 bits per heavy atom. The van der Waals surface area contributed by atoms with Crippen LogP contribution in [-0.4, -0.2) is 7.05 Å². The third kappa shape index (κ3) is 3.38. The van der Waals surface area contributed by atoms with E-state index in [1.54, 1.807) is 0 Å². The molecule has 0 amide bonds. The number of rotatable bonds is 4. The minimum absolute atomic E-state index is 0.108.